The van der Waals surface area contributed by atoms with Gasteiger partial charge in [-0.05, 0) is 87.4 Å². The van der Waals surface area contributed by atoms with Gasteiger partial charge in [-0.25, -0.2) is 0 Å². The SMILES string of the molecule is CC(=O)[C@H]1CC[C@@]2(C)[C@H](CC[C@@H]3[C@@H]2CC[C@]2(C)C(=O)CC[C@@H]32)C1. The van der Waals surface area contributed by atoms with Gasteiger partial charge in [0.15, 0.2) is 0 Å². The van der Waals surface area contributed by atoms with Crippen LogP contribution in [0, 0.1) is 40.4 Å². The first-order valence-electron chi connectivity index (χ1n) is 9.90. The van der Waals surface area contributed by atoms with Gasteiger partial charge in [-0.2, -0.15) is 0 Å². The Balaban J connectivity index is 1.59. The van der Waals surface area contributed by atoms with Crippen LogP contribution in [0.25, 0.3) is 0 Å². The molecule has 0 unspecified atom stereocenters. The fraction of sp³-hybridized carbons (Fsp3) is 0.905. The normalized spacial score (nSPS) is 52.5. The van der Waals surface area contributed by atoms with E-state index in [1.54, 1.807) is 6.92 Å². The lowest BCUT2D eigenvalue weighted by Crippen LogP contribution is -2.53. The predicted molar refractivity (Wildman–Crippen MR) is 90.9 cm³/mol. The molecule has 4 saturated carbocycles. The summed E-state index contributed by atoms with van der Waals surface area (Å²) >= 11 is 0. The Morgan fingerprint density at radius 2 is 1.78 bits per heavy atom. The highest BCUT2D eigenvalue weighted by atomic mass is 16.1. The Labute approximate surface area is 140 Å². The van der Waals surface area contributed by atoms with E-state index in [0.717, 1.165) is 49.9 Å². The Morgan fingerprint density at radius 3 is 2.52 bits per heavy atom. The van der Waals surface area contributed by atoms with Gasteiger partial charge in [0.2, 0.25) is 0 Å². The van der Waals surface area contributed by atoms with Crippen molar-refractivity contribution >= 4 is 11.6 Å². The molecule has 128 valence electrons. The summed E-state index contributed by atoms with van der Waals surface area (Å²) < 4.78 is 0. The molecule has 0 radical (unpaired) electrons. The van der Waals surface area contributed by atoms with Crippen molar-refractivity contribution in [2.75, 3.05) is 0 Å². The largest absolute Gasteiger partial charge is 0.300 e. The highest BCUT2D eigenvalue weighted by Gasteiger charge is 2.60. The molecule has 0 aliphatic heterocycles. The van der Waals surface area contributed by atoms with E-state index in [2.05, 4.69) is 13.8 Å². The van der Waals surface area contributed by atoms with E-state index < -0.39 is 0 Å². The molecule has 7 atom stereocenters. The maximum atomic E-state index is 12.4. The second-order valence-electron chi connectivity index (χ2n) is 9.66. The molecule has 0 N–H and O–H groups in total. The molecule has 0 aromatic rings. The van der Waals surface area contributed by atoms with Gasteiger partial charge in [0.25, 0.3) is 0 Å². The van der Waals surface area contributed by atoms with E-state index in [0.29, 0.717) is 28.8 Å². The highest BCUT2D eigenvalue weighted by molar-refractivity contribution is 5.87. The van der Waals surface area contributed by atoms with Crippen molar-refractivity contribution in [2.24, 2.45) is 40.4 Å². The maximum Gasteiger partial charge on any atom is 0.139 e. The molecule has 2 heteroatoms. The van der Waals surface area contributed by atoms with Crippen LogP contribution in [0.2, 0.25) is 0 Å². The van der Waals surface area contributed by atoms with Gasteiger partial charge in [-0.15, -0.1) is 0 Å². The third-order valence-electron chi connectivity index (χ3n) is 8.95. The molecule has 0 saturated heterocycles. The van der Waals surface area contributed by atoms with Crippen molar-refractivity contribution in [2.45, 2.75) is 78.6 Å². The van der Waals surface area contributed by atoms with E-state index in [1.807, 2.05) is 0 Å². The third-order valence-corrected chi connectivity index (χ3v) is 8.95. The van der Waals surface area contributed by atoms with Crippen LogP contribution in [-0.2, 0) is 9.59 Å². The van der Waals surface area contributed by atoms with Gasteiger partial charge < -0.3 is 0 Å². The first-order valence-corrected chi connectivity index (χ1v) is 9.90. The average Bonchev–Trinajstić information content (AvgIpc) is 2.82. The number of hydrogen-bond acceptors (Lipinski definition) is 2. The standard InChI is InChI=1S/C21H32O2/c1-13(22)14-8-10-20(2)15(12-14)4-5-16-17-6-7-19(23)21(17,3)11-9-18(16)20/h14-18H,4-12H2,1-3H3/t14-,15+,16-,17-,18-,20-,21-/m0/s1. The molecule has 0 spiro atoms. The smallest absolute Gasteiger partial charge is 0.139 e. The van der Waals surface area contributed by atoms with Gasteiger partial charge in [-0.3, -0.25) is 9.59 Å². The number of Topliss-reactive ketones (excluding diaryl/α,β-unsaturated/α-hetero) is 2. The molecule has 4 aliphatic carbocycles. The zero-order valence-corrected chi connectivity index (χ0v) is 15.1. The van der Waals surface area contributed by atoms with Gasteiger partial charge >= 0.3 is 0 Å². The van der Waals surface area contributed by atoms with E-state index in [1.165, 1.54) is 25.7 Å². The van der Waals surface area contributed by atoms with E-state index in [9.17, 15) is 9.59 Å². The summed E-state index contributed by atoms with van der Waals surface area (Å²) in [4.78, 5) is 24.3. The number of fused-ring (bicyclic) bond motifs is 5. The molecule has 23 heavy (non-hydrogen) atoms. The zero-order chi connectivity index (χ0) is 16.4. The molecule has 4 fully saturated rings. The predicted octanol–water partition coefficient (Wildman–Crippen LogP) is 4.80. The summed E-state index contributed by atoms with van der Waals surface area (Å²) in [5.74, 6) is 4.25. The topological polar surface area (TPSA) is 34.1 Å². The lowest BCUT2D eigenvalue weighted by Gasteiger charge is -2.60. The highest BCUT2D eigenvalue weighted by Crippen LogP contribution is 2.65. The molecular weight excluding hydrogens is 284 g/mol. The van der Waals surface area contributed by atoms with Crippen molar-refractivity contribution in [1.82, 2.24) is 0 Å². The number of carbonyl (C=O) groups is 2. The molecule has 4 aliphatic rings. The van der Waals surface area contributed by atoms with Crippen LogP contribution in [0.15, 0.2) is 0 Å². The van der Waals surface area contributed by atoms with Gasteiger partial charge in [0.05, 0.1) is 0 Å². The van der Waals surface area contributed by atoms with E-state index >= 15 is 0 Å². The molecule has 0 aromatic heterocycles. The van der Waals surface area contributed by atoms with Crippen molar-refractivity contribution < 1.29 is 9.59 Å². The lowest BCUT2D eigenvalue weighted by atomic mass is 9.44. The monoisotopic (exact) mass is 316 g/mol. The van der Waals surface area contributed by atoms with Gasteiger partial charge in [0.1, 0.15) is 11.6 Å². The molecule has 0 bridgehead atoms. The first kappa shape index (κ1) is 15.8. The zero-order valence-electron chi connectivity index (χ0n) is 15.1. The third kappa shape index (κ3) is 2.12. The Bertz CT molecular complexity index is 538. The van der Waals surface area contributed by atoms with E-state index in [-0.39, 0.29) is 5.41 Å². The molecule has 0 amide bonds. The molecule has 2 nitrogen and oxygen atoms in total. The summed E-state index contributed by atoms with van der Waals surface area (Å²) in [6, 6.07) is 0. The number of rotatable bonds is 1. The van der Waals surface area contributed by atoms with Crippen LogP contribution in [0.5, 0.6) is 0 Å². The minimum Gasteiger partial charge on any atom is -0.300 e. The number of ketones is 2. The minimum atomic E-state index is 0.000942. The first-order chi connectivity index (χ1) is 10.9. The van der Waals surface area contributed by atoms with Crippen LogP contribution in [-0.4, -0.2) is 11.6 Å². The van der Waals surface area contributed by atoms with Crippen LogP contribution >= 0.6 is 0 Å². The molecule has 0 heterocycles. The average molecular weight is 316 g/mol. The van der Waals surface area contributed by atoms with Gasteiger partial charge in [-0.1, -0.05) is 13.8 Å². The van der Waals surface area contributed by atoms with Crippen LogP contribution in [0.3, 0.4) is 0 Å². The lowest BCUT2D eigenvalue weighted by molar-refractivity contribution is -0.143. The van der Waals surface area contributed by atoms with Crippen molar-refractivity contribution in [3.63, 3.8) is 0 Å². The summed E-state index contributed by atoms with van der Waals surface area (Å²) in [6.07, 6.45) is 10.4. The minimum absolute atomic E-state index is 0.000942. The van der Waals surface area contributed by atoms with Gasteiger partial charge in [0, 0.05) is 17.8 Å². The quantitative estimate of drug-likeness (QED) is 0.696. The summed E-state index contributed by atoms with van der Waals surface area (Å²) in [6.45, 7) is 6.59. The Kier molecular flexibility index (Phi) is 3.56. The summed E-state index contributed by atoms with van der Waals surface area (Å²) in [5, 5.41) is 0. The fourth-order valence-electron chi connectivity index (χ4n) is 7.40. The van der Waals surface area contributed by atoms with Crippen LogP contribution in [0.4, 0.5) is 0 Å². The second kappa shape index (κ2) is 5.17. The molecule has 0 aromatic carbocycles. The van der Waals surface area contributed by atoms with Crippen LogP contribution in [0.1, 0.15) is 78.6 Å². The summed E-state index contributed by atoms with van der Waals surface area (Å²) in [5.41, 5.74) is 0.433. The van der Waals surface area contributed by atoms with Crippen molar-refractivity contribution in [3.8, 4) is 0 Å². The maximum absolute atomic E-state index is 12.4. The second-order valence-corrected chi connectivity index (χ2v) is 9.66. The number of hydrogen-bond donors (Lipinski definition) is 0. The Morgan fingerprint density at radius 1 is 1.00 bits per heavy atom. The fourth-order valence-corrected chi connectivity index (χ4v) is 7.40. The van der Waals surface area contributed by atoms with E-state index in [4.69, 9.17) is 0 Å². The van der Waals surface area contributed by atoms with Crippen LogP contribution < -0.4 is 0 Å². The molecular formula is C21H32O2. The summed E-state index contributed by atoms with van der Waals surface area (Å²) in [7, 11) is 0. The number of carbonyl (C=O) groups excluding carboxylic acids is 2. The Hall–Kier alpha value is -0.660. The molecule has 4 rings (SSSR count). The van der Waals surface area contributed by atoms with Crippen molar-refractivity contribution in [1.29, 1.82) is 0 Å². The van der Waals surface area contributed by atoms with Crippen molar-refractivity contribution in [3.05, 3.63) is 0 Å².